The first-order valence-corrected chi connectivity index (χ1v) is 6.05. The number of nitrogens with one attached hydrogen (secondary N) is 1. The highest BCUT2D eigenvalue weighted by Gasteiger charge is 2.08. The Labute approximate surface area is 97.5 Å². The Morgan fingerprint density at radius 2 is 2.12 bits per heavy atom. The van der Waals surface area contributed by atoms with E-state index >= 15 is 0 Å². The van der Waals surface area contributed by atoms with Crippen LogP contribution in [-0.2, 0) is 6.54 Å². The zero-order valence-electron chi connectivity index (χ0n) is 9.65. The molecule has 1 aliphatic rings. The van der Waals surface area contributed by atoms with Crippen molar-refractivity contribution in [1.29, 1.82) is 0 Å². The van der Waals surface area contributed by atoms with Gasteiger partial charge in [-0.2, -0.15) is 0 Å². The van der Waals surface area contributed by atoms with Crippen molar-refractivity contribution in [3.63, 3.8) is 0 Å². The van der Waals surface area contributed by atoms with Gasteiger partial charge in [-0.1, -0.05) is 30.4 Å². The van der Waals surface area contributed by atoms with Crippen LogP contribution in [0.1, 0.15) is 24.8 Å². The number of allylic oxidation sites excluding steroid dienone is 2. The van der Waals surface area contributed by atoms with Gasteiger partial charge in [-0.3, -0.25) is 0 Å². The summed E-state index contributed by atoms with van der Waals surface area (Å²) in [5.74, 6) is 0.801. The zero-order chi connectivity index (χ0) is 11.2. The SMILES string of the molecule is Nc1ccccc1CNCC1CC=CCC1. The van der Waals surface area contributed by atoms with Gasteiger partial charge in [0.25, 0.3) is 0 Å². The van der Waals surface area contributed by atoms with Crippen LogP contribution in [0, 0.1) is 5.92 Å². The van der Waals surface area contributed by atoms with Crippen molar-refractivity contribution in [1.82, 2.24) is 5.32 Å². The second-order valence-electron chi connectivity index (χ2n) is 4.48. The first kappa shape index (κ1) is 11.2. The molecule has 86 valence electrons. The van der Waals surface area contributed by atoms with Crippen LogP contribution in [0.5, 0.6) is 0 Å². The lowest BCUT2D eigenvalue weighted by atomic mass is 9.94. The number of nitrogens with two attached hydrogens (primary N) is 1. The molecule has 0 amide bonds. The summed E-state index contributed by atoms with van der Waals surface area (Å²) in [6.07, 6.45) is 8.35. The van der Waals surface area contributed by atoms with E-state index in [1.165, 1.54) is 24.8 Å². The van der Waals surface area contributed by atoms with Gasteiger partial charge in [0.2, 0.25) is 0 Å². The summed E-state index contributed by atoms with van der Waals surface area (Å²) >= 11 is 0. The molecule has 1 unspecified atom stereocenters. The number of anilines is 1. The molecule has 0 aromatic heterocycles. The van der Waals surface area contributed by atoms with Gasteiger partial charge in [0.15, 0.2) is 0 Å². The molecule has 0 heterocycles. The normalized spacial score (nSPS) is 19.9. The van der Waals surface area contributed by atoms with Crippen molar-refractivity contribution in [2.75, 3.05) is 12.3 Å². The molecular weight excluding hydrogens is 196 g/mol. The Bertz CT molecular complexity index is 358. The Kier molecular flexibility index (Phi) is 4.00. The summed E-state index contributed by atoms with van der Waals surface area (Å²) in [7, 11) is 0. The average molecular weight is 216 g/mol. The van der Waals surface area contributed by atoms with Gasteiger partial charge in [0.1, 0.15) is 0 Å². The summed E-state index contributed by atoms with van der Waals surface area (Å²) in [4.78, 5) is 0. The van der Waals surface area contributed by atoms with Gasteiger partial charge in [-0.15, -0.1) is 0 Å². The van der Waals surface area contributed by atoms with Gasteiger partial charge in [-0.05, 0) is 43.4 Å². The third-order valence-electron chi connectivity index (χ3n) is 3.18. The third-order valence-corrected chi connectivity index (χ3v) is 3.18. The number of benzene rings is 1. The Hall–Kier alpha value is -1.28. The van der Waals surface area contributed by atoms with Crippen LogP contribution in [0.4, 0.5) is 5.69 Å². The highest BCUT2D eigenvalue weighted by atomic mass is 14.9. The zero-order valence-corrected chi connectivity index (χ0v) is 9.65. The first-order valence-electron chi connectivity index (χ1n) is 6.05. The van der Waals surface area contributed by atoms with Crippen molar-refractivity contribution in [2.45, 2.75) is 25.8 Å². The Morgan fingerprint density at radius 3 is 2.88 bits per heavy atom. The van der Waals surface area contributed by atoms with Crippen molar-refractivity contribution in [3.05, 3.63) is 42.0 Å². The quantitative estimate of drug-likeness (QED) is 0.600. The average Bonchev–Trinajstić information content (AvgIpc) is 2.33. The van der Waals surface area contributed by atoms with E-state index in [4.69, 9.17) is 5.73 Å². The summed E-state index contributed by atoms with van der Waals surface area (Å²) in [6.45, 7) is 1.98. The Balaban J connectivity index is 1.75. The van der Waals surface area contributed by atoms with Gasteiger partial charge in [0, 0.05) is 12.2 Å². The van der Waals surface area contributed by atoms with Crippen molar-refractivity contribution >= 4 is 5.69 Å². The predicted octanol–water partition coefficient (Wildman–Crippen LogP) is 2.71. The molecule has 0 aliphatic heterocycles. The first-order chi connectivity index (χ1) is 7.86. The van der Waals surface area contributed by atoms with Crippen molar-refractivity contribution in [2.24, 2.45) is 5.92 Å². The van der Waals surface area contributed by atoms with Gasteiger partial charge in [0.05, 0.1) is 0 Å². The molecule has 2 rings (SSSR count). The van der Waals surface area contributed by atoms with Crippen LogP contribution in [0.25, 0.3) is 0 Å². The number of para-hydroxylation sites is 1. The second kappa shape index (κ2) is 5.71. The lowest BCUT2D eigenvalue weighted by Crippen LogP contribution is -2.23. The van der Waals surface area contributed by atoms with Crippen LogP contribution >= 0.6 is 0 Å². The predicted molar refractivity (Wildman–Crippen MR) is 69.0 cm³/mol. The van der Waals surface area contributed by atoms with Crippen LogP contribution in [0.2, 0.25) is 0 Å². The van der Waals surface area contributed by atoms with E-state index in [2.05, 4.69) is 23.5 Å². The number of nitrogen functional groups attached to an aromatic ring is 1. The fourth-order valence-corrected chi connectivity index (χ4v) is 2.15. The minimum absolute atomic E-state index is 0.801. The molecule has 0 saturated carbocycles. The van der Waals surface area contributed by atoms with E-state index in [9.17, 15) is 0 Å². The molecule has 1 aromatic carbocycles. The lowest BCUT2D eigenvalue weighted by molar-refractivity contribution is 0.440. The van der Waals surface area contributed by atoms with Crippen LogP contribution in [0.3, 0.4) is 0 Å². The molecular formula is C14H20N2. The number of hydrogen-bond donors (Lipinski definition) is 2. The molecule has 3 N–H and O–H groups in total. The standard InChI is InChI=1S/C14H20N2/c15-14-9-5-4-8-13(14)11-16-10-12-6-2-1-3-7-12/h1-2,4-5,8-9,12,16H,3,6-7,10-11,15H2. The number of hydrogen-bond acceptors (Lipinski definition) is 2. The summed E-state index contributed by atoms with van der Waals surface area (Å²) in [5, 5.41) is 3.50. The molecule has 1 aromatic rings. The lowest BCUT2D eigenvalue weighted by Gasteiger charge is -2.18. The van der Waals surface area contributed by atoms with E-state index in [-0.39, 0.29) is 0 Å². The molecule has 1 aliphatic carbocycles. The summed E-state index contributed by atoms with van der Waals surface area (Å²) < 4.78 is 0. The topological polar surface area (TPSA) is 38.0 Å². The van der Waals surface area contributed by atoms with Gasteiger partial charge in [-0.25, -0.2) is 0 Å². The molecule has 0 radical (unpaired) electrons. The van der Waals surface area contributed by atoms with E-state index in [1.807, 2.05) is 18.2 Å². The fraction of sp³-hybridized carbons (Fsp3) is 0.429. The molecule has 0 fully saturated rings. The molecule has 0 saturated heterocycles. The van der Waals surface area contributed by atoms with Crippen molar-refractivity contribution < 1.29 is 0 Å². The van der Waals surface area contributed by atoms with E-state index in [0.717, 1.165) is 24.7 Å². The summed E-state index contributed by atoms with van der Waals surface area (Å²) in [5.41, 5.74) is 7.98. The molecule has 0 bridgehead atoms. The number of rotatable bonds is 4. The maximum Gasteiger partial charge on any atom is 0.0359 e. The largest absolute Gasteiger partial charge is 0.398 e. The van der Waals surface area contributed by atoms with Gasteiger partial charge < -0.3 is 11.1 Å². The smallest absolute Gasteiger partial charge is 0.0359 e. The highest BCUT2D eigenvalue weighted by Crippen LogP contribution is 2.17. The van der Waals surface area contributed by atoms with E-state index in [1.54, 1.807) is 0 Å². The van der Waals surface area contributed by atoms with Crippen LogP contribution in [-0.4, -0.2) is 6.54 Å². The van der Waals surface area contributed by atoms with Crippen LogP contribution in [0.15, 0.2) is 36.4 Å². The van der Waals surface area contributed by atoms with E-state index in [0.29, 0.717) is 0 Å². The van der Waals surface area contributed by atoms with Gasteiger partial charge >= 0.3 is 0 Å². The molecule has 2 nitrogen and oxygen atoms in total. The maximum absolute atomic E-state index is 5.89. The molecule has 1 atom stereocenters. The molecule has 0 spiro atoms. The Morgan fingerprint density at radius 1 is 1.25 bits per heavy atom. The minimum atomic E-state index is 0.801. The summed E-state index contributed by atoms with van der Waals surface area (Å²) in [6, 6.07) is 8.06. The van der Waals surface area contributed by atoms with Crippen LogP contribution < -0.4 is 11.1 Å². The maximum atomic E-state index is 5.89. The van der Waals surface area contributed by atoms with Crippen molar-refractivity contribution in [3.8, 4) is 0 Å². The van der Waals surface area contributed by atoms with E-state index < -0.39 is 0 Å². The third kappa shape index (κ3) is 3.11. The molecule has 16 heavy (non-hydrogen) atoms. The fourth-order valence-electron chi connectivity index (χ4n) is 2.15. The monoisotopic (exact) mass is 216 g/mol. The molecule has 2 heteroatoms. The second-order valence-corrected chi connectivity index (χ2v) is 4.48. The minimum Gasteiger partial charge on any atom is -0.398 e. The highest BCUT2D eigenvalue weighted by molar-refractivity contribution is 5.46.